The first kappa shape index (κ1) is 27.2. The van der Waals surface area contributed by atoms with Gasteiger partial charge in [-0.05, 0) is 31.2 Å². The second-order valence-corrected chi connectivity index (χ2v) is 10.1. The van der Waals surface area contributed by atoms with Crippen molar-refractivity contribution in [2.45, 2.75) is 40.0 Å². The largest absolute Gasteiger partial charge is 0.490 e. The summed E-state index contributed by atoms with van der Waals surface area (Å²) in [6.45, 7) is 7.48. The molecule has 0 aliphatic carbocycles. The van der Waals surface area contributed by atoms with E-state index in [0.29, 0.717) is 22.4 Å². The van der Waals surface area contributed by atoms with E-state index in [2.05, 4.69) is 28.7 Å². The van der Waals surface area contributed by atoms with E-state index in [-0.39, 0.29) is 36.7 Å². The van der Waals surface area contributed by atoms with Crippen LogP contribution in [0.15, 0.2) is 36.7 Å². The minimum atomic E-state index is -0.970. The topological polar surface area (TPSA) is 84.8 Å². The lowest BCUT2D eigenvalue weighted by Gasteiger charge is -2.40. The highest BCUT2D eigenvalue weighted by molar-refractivity contribution is 5.84. The van der Waals surface area contributed by atoms with E-state index in [4.69, 9.17) is 9.47 Å². The highest BCUT2D eigenvalue weighted by atomic mass is 19.1. The van der Waals surface area contributed by atoms with Gasteiger partial charge in [-0.15, -0.1) is 0 Å². The molecule has 1 aromatic carbocycles. The molecule has 7 nitrogen and oxygen atoms in total. The quantitative estimate of drug-likeness (QED) is 0.362. The van der Waals surface area contributed by atoms with Crippen LogP contribution in [-0.2, 0) is 11.2 Å². The molecule has 1 aliphatic rings. The van der Waals surface area contributed by atoms with E-state index in [1.165, 1.54) is 12.3 Å². The summed E-state index contributed by atoms with van der Waals surface area (Å²) in [6.07, 6.45) is 4.75. The van der Waals surface area contributed by atoms with Crippen LogP contribution < -0.4 is 14.4 Å². The van der Waals surface area contributed by atoms with E-state index in [0.717, 1.165) is 49.8 Å². The fourth-order valence-corrected chi connectivity index (χ4v) is 4.49. The van der Waals surface area contributed by atoms with E-state index in [1.54, 1.807) is 13.1 Å². The van der Waals surface area contributed by atoms with E-state index < -0.39 is 23.4 Å². The van der Waals surface area contributed by atoms with Gasteiger partial charge in [0, 0.05) is 66.1 Å². The van der Waals surface area contributed by atoms with Gasteiger partial charge in [-0.3, -0.25) is 9.78 Å². The van der Waals surface area contributed by atoms with E-state index in [9.17, 15) is 18.7 Å². The normalized spacial score (nSPS) is 14.8. The Morgan fingerprint density at radius 2 is 1.66 bits per heavy atom. The smallest absolute Gasteiger partial charge is 0.307 e. The molecule has 0 saturated carbocycles. The molecule has 202 valence electrons. The predicted octanol–water partition coefficient (Wildman–Crippen LogP) is 5.58. The van der Waals surface area contributed by atoms with Crippen molar-refractivity contribution in [1.29, 1.82) is 0 Å². The molecule has 10 heteroatoms. The Kier molecular flexibility index (Phi) is 8.08. The first-order valence-electron chi connectivity index (χ1n) is 12.4. The minimum Gasteiger partial charge on any atom is -0.490 e. The third-order valence-corrected chi connectivity index (χ3v) is 6.67. The Balaban J connectivity index is 1.55. The van der Waals surface area contributed by atoms with Gasteiger partial charge in [0.1, 0.15) is 30.6 Å². The molecule has 1 N–H and O–H groups in total. The Labute approximate surface area is 219 Å². The summed E-state index contributed by atoms with van der Waals surface area (Å²) in [7, 11) is 0. The summed E-state index contributed by atoms with van der Waals surface area (Å²) in [5, 5.41) is 9.56. The second kappa shape index (κ2) is 11.3. The monoisotopic (exact) mass is 529 g/mol. The van der Waals surface area contributed by atoms with Crippen molar-refractivity contribution in [3.8, 4) is 22.8 Å². The van der Waals surface area contributed by atoms with Crippen molar-refractivity contribution in [3.05, 3.63) is 65.4 Å². The SMILES string of the molecule is Cc1ncc(-c2cnc(OCCOc3cc(F)cc(F)c3)c(F)c2)c(N2CCC(C)(C)CC2)c1CC(=O)O. The Morgan fingerprint density at radius 1 is 1.00 bits per heavy atom. The van der Waals surface area contributed by atoms with Crippen LogP contribution in [0.4, 0.5) is 18.9 Å². The molecule has 38 heavy (non-hydrogen) atoms. The van der Waals surface area contributed by atoms with Gasteiger partial charge in [-0.25, -0.2) is 18.2 Å². The van der Waals surface area contributed by atoms with Crippen LogP contribution in [0.2, 0.25) is 0 Å². The zero-order chi connectivity index (χ0) is 27.4. The molecule has 0 spiro atoms. The fourth-order valence-electron chi connectivity index (χ4n) is 4.49. The summed E-state index contributed by atoms with van der Waals surface area (Å²) in [5.41, 5.74) is 3.18. The Morgan fingerprint density at radius 3 is 2.29 bits per heavy atom. The van der Waals surface area contributed by atoms with Crippen LogP contribution in [-0.4, -0.2) is 47.3 Å². The third kappa shape index (κ3) is 6.54. The van der Waals surface area contributed by atoms with Crippen LogP contribution in [0.25, 0.3) is 11.1 Å². The molecular weight excluding hydrogens is 499 g/mol. The number of aromatic nitrogens is 2. The van der Waals surface area contributed by atoms with Gasteiger partial charge in [0.2, 0.25) is 0 Å². The first-order chi connectivity index (χ1) is 18.0. The van der Waals surface area contributed by atoms with Gasteiger partial charge in [0.15, 0.2) is 5.82 Å². The zero-order valence-corrected chi connectivity index (χ0v) is 21.6. The van der Waals surface area contributed by atoms with Crippen LogP contribution >= 0.6 is 0 Å². The number of hydrogen-bond donors (Lipinski definition) is 1. The number of aryl methyl sites for hydroxylation is 1. The Bertz CT molecular complexity index is 1300. The number of rotatable bonds is 9. The number of anilines is 1. The molecule has 0 amide bonds. The number of ether oxygens (including phenoxy) is 2. The van der Waals surface area contributed by atoms with Gasteiger partial charge in [-0.2, -0.15) is 0 Å². The highest BCUT2D eigenvalue weighted by Gasteiger charge is 2.29. The molecule has 3 heterocycles. The molecule has 1 fully saturated rings. The summed E-state index contributed by atoms with van der Waals surface area (Å²) in [6, 6.07) is 4.08. The molecule has 1 saturated heterocycles. The number of benzene rings is 1. The standard InChI is InChI=1S/C28H30F3N3O4/c1-17-22(14-25(35)36)26(34-6-4-28(2,3)5-7-34)23(16-32-17)18-10-24(31)27(33-15-18)38-9-8-37-21-12-19(29)11-20(30)13-21/h10-13,15-16H,4-9,14H2,1-3H3,(H,35,36). The lowest BCUT2D eigenvalue weighted by Crippen LogP contribution is -2.38. The van der Waals surface area contributed by atoms with Crippen molar-refractivity contribution < 1.29 is 32.5 Å². The average Bonchev–Trinajstić information content (AvgIpc) is 2.83. The summed E-state index contributed by atoms with van der Waals surface area (Å²) < 4.78 is 52.2. The number of piperidine rings is 1. The fraction of sp³-hybridized carbons (Fsp3) is 0.393. The van der Waals surface area contributed by atoms with Crippen molar-refractivity contribution in [2.24, 2.45) is 5.41 Å². The highest BCUT2D eigenvalue weighted by Crippen LogP contribution is 2.40. The van der Waals surface area contributed by atoms with Gasteiger partial charge in [0.25, 0.3) is 5.88 Å². The van der Waals surface area contributed by atoms with E-state index in [1.807, 2.05) is 0 Å². The lowest BCUT2D eigenvalue weighted by molar-refractivity contribution is -0.136. The Hall–Kier alpha value is -3.82. The second-order valence-electron chi connectivity index (χ2n) is 10.1. The molecule has 1 aliphatic heterocycles. The molecule has 0 unspecified atom stereocenters. The zero-order valence-electron chi connectivity index (χ0n) is 21.6. The number of nitrogens with zero attached hydrogens (tertiary/aromatic N) is 3. The van der Waals surface area contributed by atoms with Crippen molar-refractivity contribution in [2.75, 3.05) is 31.2 Å². The van der Waals surface area contributed by atoms with Crippen LogP contribution in [0.5, 0.6) is 11.6 Å². The summed E-state index contributed by atoms with van der Waals surface area (Å²) >= 11 is 0. The number of hydrogen-bond acceptors (Lipinski definition) is 6. The van der Waals surface area contributed by atoms with Gasteiger partial charge in [-0.1, -0.05) is 13.8 Å². The van der Waals surface area contributed by atoms with Crippen LogP contribution in [0.3, 0.4) is 0 Å². The number of carboxylic acids is 1. The average molecular weight is 530 g/mol. The van der Waals surface area contributed by atoms with Crippen molar-refractivity contribution >= 4 is 11.7 Å². The van der Waals surface area contributed by atoms with Crippen LogP contribution in [0, 0.1) is 29.8 Å². The van der Waals surface area contributed by atoms with Gasteiger partial charge >= 0.3 is 5.97 Å². The predicted molar refractivity (Wildman–Crippen MR) is 136 cm³/mol. The van der Waals surface area contributed by atoms with Crippen molar-refractivity contribution in [1.82, 2.24) is 9.97 Å². The lowest BCUT2D eigenvalue weighted by atomic mass is 9.82. The number of halogens is 3. The van der Waals surface area contributed by atoms with Gasteiger partial charge < -0.3 is 19.5 Å². The first-order valence-corrected chi connectivity index (χ1v) is 12.4. The summed E-state index contributed by atoms with van der Waals surface area (Å²) in [5.74, 6) is -3.49. The molecule has 0 radical (unpaired) electrons. The molecule has 4 rings (SSSR count). The summed E-state index contributed by atoms with van der Waals surface area (Å²) in [4.78, 5) is 22.3. The molecule has 0 atom stereocenters. The number of carbonyl (C=O) groups is 1. The number of carboxylic acid groups (broad SMARTS) is 1. The molecule has 2 aromatic heterocycles. The maximum atomic E-state index is 15.0. The maximum Gasteiger partial charge on any atom is 0.307 e. The van der Waals surface area contributed by atoms with E-state index >= 15 is 4.39 Å². The third-order valence-electron chi connectivity index (χ3n) is 6.67. The van der Waals surface area contributed by atoms with Crippen molar-refractivity contribution in [3.63, 3.8) is 0 Å². The maximum absolute atomic E-state index is 15.0. The minimum absolute atomic E-state index is 0.00690. The van der Waals surface area contributed by atoms with Crippen LogP contribution in [0.1, 0.15) is 37.9 Å². The number of pyridine rings is 2. The molecule has 0 bridgehead atoms. The van der Waals surface area contributed by atoms with Gasteiger partial charge in [0.05, 0.1) is 12.1 Å². The molecule has 3 aromatic rings. The number of aliphatic carboxylic acids is 1. The molecular formula is C28H30F3N3O4.